The van der Waals surface area contributed by atoms with E-state index in [1.165, 1.54) is 11.4 Å². The molecule has 0 saturated heterocycles. The van der Waals surface area contributed by atoms with E-state index in [0.717, 1.165) is 10.9 Å². The van der Waals surface area contributed by atoms with Crippen molar-refractivity contribution in [2.45, 2.75) is 6.92 Å². The number of anilines is 1. The maximum absolute atomic E-state index is 5.92. The van der Waals surface area contributed by atoms with E-state index in [9.17, 15) is 0 Å². The SMILES string of the molecule is CC1=CSCN1c1cccc(Cl)c1. The quantitative estimate of drug-likeness (QED) is 0.697. The summed E-state index contributed by atoms with van der Waals surface area (Å²) in [7, 11) is 0. The third-order valence-corrected chi connectivity index (χ3v) is 3.15. The summed E-state index contributed by atoms with van der Waals surface area (Å²) in [6.07, 6.45) is 0. The van der Waals surface area contributed by atoms with Crippen molar-refractivity contribution in [3.63, 3.8) is 0 Å². The Morgan fingerprint density at radius 2 is 2.31 bits per heavy atom. The van der Waals surface area contributed by atoms with Crippen molar-refractivity contribution in [3.05, 3.63) is 40.4 Å². The maximum Gasteiger partial charge on any atom is 0.0726 e. The molecule has 1 aliphatic heterocycles. The van der Waals surface area contributed by atoms with Crippen LogP contribution in [0.5, 0.6) is 0 Å². The van der Waals surface area contributed by atoms with Gasteiger partial charge in [-0.2, -0.15) is 0 Å². The first kappa shape index (κ1) is 8.97. The fourth-order valence-corrected chi connectivity index (χ4v) is 2.45. The predicted octanol–water partition coefficient (Wildman–Crippen LogP) is 3.71. The van der Waals surface area contributed by atoms with E-state index < -0.39 is 0 Å². The maximum atomic E-state index is 5.92. The number of allylic oxidation sites excluding steroid dienone is 1. The van der Waals surface area contributed by atoms with Crippen molar-refractivity contribution in [2.24, 2.45) is 0 Å². The van der Waals surface area contributed by atoms with Gasteiger partial charge in [-0.1, -0.05) is 17.7 Å². The van der Waals surface area contributed by atoms with Gasteiger partial charge in [0.2, 0.25) is 0 Å². The standard InChI is InChI=1S/C10H10ClNS/c1-8-6-13-7-12(8)10-4-2-3-9(11)5-10/h2-6H,7H2,1H3. The van der Waals surface area contributed by atoms with Crippen molar-refractivity contribution in [2.75, 3.05) is 10.8 Å². The average Bonchev–Trinajstić information content (AvgIpc) is 2.51. The Bertz CT molecular complexity index is 349. The first-order valence-electron chi connectivity index (χ1n) is 4.09. The molecule has 68 valence electrons. The van der Waals surface area contributed by atoms with Gasteiger partial charge >= 0.3 is 0 Å². The van der Waals surface area contributed by atoms with Gasteiger partial charge < -0.3 is 4.90 Å². The molecule has 1 aromatic rings. The highest BCUT2D eigenvalue weighted by molar-refractivity contribution is 8.02. The van der Waals surface area contributed by atoms with Gasteiger partial charge in [0.25, 0.3) is 0 Å². The zero-order chi connectivity index (χ0) is 9.26. The molecule has 13 heavy (non-hydrogen) atoms. The Kier molecular flexibility index (Phi) is 2.51. The second-order valence-corrected chi connectivity index (χ2v) is 4.23. The number of benzene rings is 1. The van der Waals surface area contributed by atoms with Gasteiger partial charge in [0, 0.05) is 16.4 Å². The minimum Gasteiger partial charge on any atom is -0.335 e. The molecule has 0 amide bonds. The lowest BCUT2D eigenvalue weighted by atomic mass is 10.3. The van der Waals surface area contributed by atoms with Crippen LogP contribution in [0, 0.1) is 0 Å². The van der Waals surface area contributed by atoms with Gasteiger partial charge in [-0.05, 0) is 30.5 Å². The lowest BCUT2D eigenvalue weighted by molar-refractivity contribution is 1.09. The summed E-state index contributed by atoms with van der Waals surface area (Å²) in [5, 5.41) is 2.96. The van der Waals surface area contributed by atoms with Crippen LogP contribution in [0.2, 0.25) is 5.02 Å². The molecule has 0 radical (unpaired) electrons. The van der Waals surface area contributed by atoms with Crippen LogP contribution < -0.4 is 4.90 Å². The van der Waals surface area contributed by atoms with Crippen LogP contribution in [0.4, 0.5) is 5.69 Å². The van der Waals surface area contributed by atoms with Crippen LogP contribution in [0.25, 0.3) is 0 Å². The van der Waals surface area contributed by atoms with Crippen LogP contribution in [0.3, 0.4) is 0 Å². The summed E-state index contributed by atoms with van der Waals surface area (Å²) in [6.45, 7) is 2.11. The Balaban J connectivity index is 2.30. The lowest BCUT2D eigenvalue weighted by Gasteiger charge is -2.19. The molecule has 0 atom stereocenters. The Hall–Kier alpha value is -0.600. The molecule has 1 heterocycles. The third kappa shape index (κ3) is 1.84. The minimum atomic E-state index is 0.794. The molecule has 1 aliphatic rings. The van der Waals surface area contributed by atoms with E-state index in [1.54, 1.807) is 0 Å². The number of halogens is 1. The molecule has 1 aromatic carbocycles. The number of thioether (sulfide) groups is 1. The van der Waals surface area contributed by atoms with Gasteiger partial charge in [0.05, 0.1) is 5.88 Å². The molecule has 0 unspecified atom stereocenters. The molecule has 0 bridgehead atoms. The highest BCUT2D eigenvalue weighted by atomic mass is 35.5. The summed E-state index contributed by atoms with van der Waals surface area (Å²) in [4.78, 5) is 2.25. The van der Waals surface area contributed by atoms with Crippen LogP contribution in [-0.4, -0.2) is 5.88 Å². The van der Waals surface area contributed by atoms with E-state index in [-0.39, 0.29) is 0 Å². The fraction of sp³-hybridized carbons (Fsp3) is 0.200. The van der Waals surface area contributed by atoms with Crippen molar-refractivity contribution >= 4 is 29.1 Å². The summed E-state index contributed by atoms with van der Waals surface area (Å²) in [5.74, 6) is 0.992. The van der Waals surface area contributed by atoms with Crippen LogP contribution in [0.15, 0.2) is 35.4 Å². The normalized spacial score (nSPS) is 16.2. The van der Waals surface area contributed by atoms with Gasteiger partial charge in [-0.25, -0.2) is 0 Å². The molecule has 0 saturated carbocycles. The van der Waals surface area contributed by atoms with Crippen molar-refractivity contribution in [1.29, 1.82) is 0 Å². The molecule has 0 fully saturated rings. The Labute approximate surface area is 87.4 Å². The predicted molar refractivity (Wildman–Crippen MR) is 60.1 cm³/mol. The largest absolute Gasteiger partial charge is 0.335 e. The van der Waals surface area contributed by atoms with Crippen LogP contribution >= 0.6 is 23.4 Å². The topological polar surface area (TPSA) is 3.24 Å². The average molecular weight is 212 g/mol. The zero-order valence-electron chi connectivity index (χ0n) is 7.33. The van der Waals surface area contributed by atoms with Gasteiger partial charge in [-0.15, -0.1) is 11.8 Å². The summed E-state index contributed by atoms with van der Waals surface area (Å²) < 4.78 is 0. The van der Waals surface area contributed by atoms with Gasteiger partial charge in [0.1, 0.15) is 0 Å². The van der Waals surface area contributed by atoms with Gasteiger partial charge in [0.15, 0.2) is 0 Å². The molecule has 2 rings (SSSR count). The van der Waals surface area contributed by atoms with Crippen molar-refractivity contribution in [1.82, 2.24) is 0 Å². The molecular weight excluding hydrogens is 202 g/mol. The van der Waals surface area contributed by atoms with Crippen molar-refractivity contribution in [3.8, 4) is 0 Å². The van der Waals surface area contributed by atoms with Crippen LogP contribution in [0.1, 0.15) is 6.92 Å². The molecule has 0 spiro atoms. The zero-order valence-corrected chi connectivity index (χ0v) is 8.90. The fourth-order valence-electron chi connectivity index (χ4n) is 1.32. The van der Waals surface area contributed by atoms with Crippen molar-refractivity contribution < 1.29 is 0 Å². The Morgan fingerprint density at radius 3 is 2.92 bits per heavy atom. The lowest BCUT2D eigenvalue weighted by Crippen LogP contribution is -2.15. The van der Waals surface area contributed by atoms with E-state index in [1.807, 2.05) is 30.0 Å². The number of hydrogen-bond donors (Lipinski definition) is 0. The first-order valence-corrected chi connectivity index (χ1v) is 5.51. The summed E-state index contributed by atoms with van der Waals surface area (Å²) in [6, 6.07) is 7.95. The molecule has 1 nitrogen and oxygen atoms in total. The molecule has 0 aromatic heterocycles. The molecular formula is C10H10ClNS. The van der Waals surface area contributed by atoms with Crippen LogP contribution in [-0.2, 0) is 0 Å². The minimum absolute atomic E-state index is 0.794. The van der Waals surface area contributed by atoms with E-state index in [4.69, 9.17) is 11.6 Å². The van der Waals surface area contributed by atoms with E-state index in [0.29, 0.717) is 0 Å². The molecule has 0 aliphatic carbocycles. The third-order valence-electron chi connectivity index (χ3n) is 2.00. The van der Waals surface area contributed by atoms with Gasteiger partial charge in [-0.3, -0.25) is 0 Å². The Morgan fingerprint density at radius 1 is 1.46 bits per heavy atom. The second-order valence-electron chi connectivity index (χ2n) is 2.96. The summed E-state index contributed by atoms with van der Waals surface area (Å²) >= 11 is 7.73. The van der Waals surface area contributed by atoms with E-state index >= 15 is 0 Å². The summed E-state index contributed by atoms with van der Waals surface area (Å²) in [5.41, 5.74) is 2.46. The smallest absolute Gasteiger partial charge is 0.0726 e. The highest BCUT2D eigenvalue weighted by Gasteiger charge is 2.13. The first-order chi connectivity index (χ1) is 6.27. The highest BCUT2D eigenvalue weighted by Crippen LogP contribution is 2.30. The second kappa shape index (κ2) is 3.64. The molecule has 0 N–H and O–H groups in total. The number of rotatable bonds is 1. The monoisotopic (exact) mass is 211 g/mol. The van der Waals surface area contributed by atoms with E-state index in [2.05, 4.69) is 23.3 Å². The number of hydrogen-bond acceptors (Lipinski definition) is 2. The molecule has 3 heteroatoms. The number of nitrogens with zero attached hydrogens (tertiary/aromatic N) is 1.